The summed E-state index contributed by atoms with van der Waals surface area (Å²) < 4.78 is 21.0. The van der Waals surface area contributed by atoms with Crippen LogP contribution >= 0.6 is 11.3 Å². The van der Waals surface area contributed by atoms with Crippen LogP contribution in [0.15, 0.2) is 47.8 Å². The van der Waals surface area contributed by atoms with Crippen molar-refractivity contribution >= 4 is 23.2 Å². The molecular formula is C21H20N2O6S. The lowest BCUT2D eigenvalue weighted by molar-refractivity contribution is 0.103. The largest absolute Gasteiger partial charge is 0.493 e. The quantitative estimate of drug-likeness (QED) is 0.410. The maximum atomic E-state index is 13.0. The van der Waals surface area contributed by atoms with Gasteiger partial charge in [-0.25, -0.2) is 9.78 Å². The van der Waals surface area contributed by atoms with Crippen LogP contribution in [-0.4, -0.2) is 44.3 Å². The van der Waals surface area contributed by atoms with Gasteiger partial charge in [0.2, 0.25) is 11.5 Å². The fraction of sp³-hybridized carbons (Fsp3) is 0.190. The maximum Gasteiger partial charge on any atom is 0.404 e. The number of amides is 1. The third-order valence-electron chi connectivity index (χ3n) is 4.05. The molecule has 0 radical (unpaired) electrons. The summed E-state index contributed by atoms with van der Waals surface area (Å²) in [6, 6.07) is 12.7. The Morgan fingerprint density at radius 3 is 2.30 bits per heavy atom. The van der Waals surface area contributed by atoms with Crippen molar-refractivity contribution in [2.75, 3.05) is 27.4 Å². The first-order valence-electron chi connectivity index (χ1n) is 8.90. The number of hydrogen-bond acceptors (Lipinski definition) is 8. The zero-order valence-corrected chi connectivity index (χ0v) is 17.2. The Morgan fingerprint density at radius 1 is 1.03 bits per heavy atom. The van der Waals surface area contributed by atoms with Crippen molar-refractivity contribution in [3.63, 3.8) is 0 Å². The summed E-state index contributed by atoms with van der Waals surface area (Å²) in [7, 11) is 2.90. The number of carbonyl (C=O) groups excluding carboxylic acids is 2. The molecule has 0 saturated carbocycles. The number of nitrogens with zero attached hydrogens (tertiary/aromatic N) is 1. The van der Waals surface area contributed by atoms with Crippen LogP contribution in [0.4, 0.5) is 4.79 Å². The summed E-state index contributed by atoms with van der Waals surface area (Å²) >= 11 is 1.39. The van der Waals surface area contributed by atoms with Gasteiger partial charge >= 0.3 is 6.09 Å². The topological polar surface area (TPSA) is 110 Å². The Bertz CT molecular complexity index is 1010. The molecule has 1 amide bonds. The summed E-state index contributed by atoms with van der Waals surface area (Å²) in [6.07, 6.45) is -0.892. The molecule has 3 rings (SSSR count). The summed E-state index contributed by atoms with van der Waals surface area (Å²) in [6.45, 7) is -0.00111. The lowest BCUT2D eigenvalue weighted by Gasteiger charge is -2.15. The number of hydrogen-bond donors (Lipinski definition) is 1. The van der Waals surface area contributed by atoms with E-state index in [0.29, 0.717) is 22.8 Å². The summed E-state index contributed by atoms with van der Waals surface area (Å²) in [4.78, 5) is 28.1. The van der Waals surface area contributed by atoms with Gasteiger partial charge in [-0.05, 0) is 12.1 Å². The highest BCUT2D eigenvalue weighted by Crippen LogP contribution is 2.39. The minimum Gasteiger partial charge on any atom is -0.493 e. The van der Waals surface area contributed by atoms with E-state index in [1.54, 1.807) is 17.5 Å². The molecule has 1 heterocycles. The molecule has 0 saturated heterocycles. The van der Waals surface area contributed by atoms with Crippen LogP contribution in [0.2, 0.25) is 0 Å². The van der Waals surface area contributed by atoms with Gasteiger partial charge in [0.05, 0.1) is 14.2 Å². The fourth-order valence-electron chi connectivity index (χ4n) is 2.68. The van der Waals surface area contributed by atoms with Crippen molar-refractivity contribution in [2.24, 2.45) is 5.73 Å². The summed E-state index contributed by atoms with van der Waals surface area (Å²) in [5.74, 6) is 0.618. The number of ketones is 1. The second-order valence-electron chi connectivity index (χ2n) is 5.96. The van der Waals surface area contributed by atoms with Crippen molar-refractivity contribution in [3.05, 3.63) is 59.1 Å². The second kappa shape index (κ2) is 9.75. The van der Waals surface area contributed by atoms with Gasteiger partial charge in [-0.15, -0.1) is 11.3 Å². The maximum absolute atomic E-state index is 13.0. The van der Waals surface area contributed by atoms with Crippen LogP contribution in [0, 0.1) is 0 Å². The third kappa shape index (κ3) is 4.87. The Kier molecular flexibility index (Phi) is 6.87. The molecule has 0 aliphatic rings. The number of nitrogens with two attached hydrogens (primary N) is 1. The van der Waals surface area contributed by atoms with Crippen molar-refractivity contribution in [3.8, 4) is 27.8 Å². The van der Waals surface area contributed by atoms with E-state index in [1.807, 2.05) is 30.3 Å². The molecule has 30 heavy (non-hydrogen) atoms. The first-order chi connectivity index (χ1) is 14.5. The number of carbonyl (C=O) groups is 2. The van der Waals surface area contributed by atoms with Crippen LogP contribution < -0.4 is 19.9 Å². The van der Waals surface area contributed by atoms with Gasteiger partial charge in [0, 0.05) is 16.5 Å². The van der Waals surface area contributed by atoms with Crippen LogP contribution in [0.1, 0.15) is 16.1 Å². The summed E-state index contributed by atoms with van der Waals surface area (Å²) in [5.41, 5.74) is 6.53. The summed E-state index contributed by atoms with van der Waals surface area (Å²) in [5, 5.41) is 2.47. The van der Waals surface area contributed by atoms with Gasteiger partial charge in [-0.3, -0.25) is 4.79 Å². The SMILES string of the molecule is COc1cc(C(=O)c2csc(-c3ccccc3)n2)cc(OC)c1OCCOC(N)=O. The molecular weight excluding hydrogens is 408 g/mol. The lowest BCUT2D eigenvalue weighted by atomic mass is 10.1. The molecule has 2 aromatic carbocycles. The first kappa shape index (κ1) is 21.1. The molecule has 1 aromatic heterocycles. The predicted molar refractivity (Wildman–Crippen MR) is 112 cm³/mol. The van der Waals surface area contributed by atoms with Gasteiger partial charge < -0.3 is 24.7 Å². The number of methoxy groups -OCH3 is 2. The van der Waals surface area contributed by atoms with Gasteiger partial charge in [0.25, 0.3) is 0 Å². The zero-order chi connectivity index (χ0) is 21.5. The van der Waals surface area contributed by atoms with Crippen molar-refractivity contribution < 1.29 is 28.5 Å². The highest BCUT2D eigenvalue weighted by Gasteiger charge is 2.20. The standard InChI is InChI=1S/C21H20N2O6S/c1-26-16-10-14(11-17(27-2)19(16)28-8-9-29-21(22)25)18(24)15-12-30-20(23-15)13-6-4-3-5-7-13/h3-7,10-12H,8-9H2,1-2H3,(H2,22,25). The average molecular weight is 428 g/mol. The molecule has 0 spiro atoms. The van der Waals surface area contributed by atoms with Gasteiger partial charge in [-0.1, -0.05) is 30.3 Å². The first-order valence-corrected chi connectivity index (χ1v) is 9.78. The van der Waals surface area contributed by atoms with E-state index in [2.05, 4.69) is 9.72 Å². The monoisotopic (exact) mass is 428 g/mol. The van der Waals surface area contributed by atoms with E-state index in [9.17, 15) is 9.59 Å². The van der Waals surface area contributed by atoms with E-state index < -0.39 is 6.09 Å². The number of benzene rings is 2. The zero-order valence-electron chi connectivity index (χ0n) is 16.4. The Hall–Kier alpha value is -3.59. The van der Waals surface area contributed by atoms with Crippen LogP contribution in [0.25, 0.3) is 10.6 Å². The van der Waals surface area contributed by atoms with Gasteiger partial charge in [-0.2, -0.15) is 0 Å². The van der Waals surface area contributed by atoms with Gasteiger partial charge in [0.1, 0.15) is 23.9 Å². The predicted octanol–water partition coefficient (Wildman–Crippen LogP) is 3.53. The van der Waals surface area contributed by atoms with E-state index in [-0.39, 0.29) is 24.7 Å². The third-order valence-corrected chi connectivity index (χ3v) is 4.95. The molecule has 3 aromatic rings. The second-order valence-corrected chi connectivity index (χ2v) is 6.82. The fourth-order valence-corrected chi connectivity index (χ4v) is 3.48. The number of aromatic nitrogens is 1. The molecule has 0 fully saturated rings. The molecule has 0 bridgehead atoms. The molecule has 156 valence electrons. The number of ether oxygens (including phenoxy) is 4. The van der Waals surface area contributed by atoms with Crippen LogP contribution in [0.3, 0.4) is 0 Å². The van der Waals surface area contributed by atoms with Gasteiger partial charge in [0.15, 0.2) is 11.5 Å². The average Bonchev–Trinajstić information content (AvgIpc) is 3.26. The number of thiazole rings is 1. The van der Waals surface area contributed by atoms with E-state index in [0.717, 1.165) is 10.6 Å². The Morgan fingerprint density at radius 2 is 1.70 bits per heavy atom. The van der Waals surface area contributed by atoms with Crippen LogP contribution in [0.5, 0.6) is 17.2 Å². The molecule has 8 nitrogen and oxygen atoms in total. The normalized spacial score (nSPS) is 10.3. The Labute approximate surface area is 177 Å². The minimum atomic E-state index is -0.892. The Balaban J connectivity index is 1.84. The molecule has 9 heteroatoms. The van der Waals surface area contributed by atoms with Crippen molar-refractivity contribution in [1.29, 1.82) is 0 Å². The van der Waals surface area contributed by atoms with Crippen molar-refractivity contribution in [1.82, 2.24) is 4.98 Å². The highest BCUT2D eigenvalue weighted by atomic mass is 32.1. The van der Waals surface area contributed by atoms with E-state index in [4.69, 9.17) is 19.9 Å². The molecule has 0 aliphatic carbocycles. The van der Waals surface area contributed by atoms with Crippen LogP contribution in [-0.2, 0) is 4.74 Å². The van der Waals surface area contributed by atoms with E-state index >= 15 is 0 Å². The molecule has 0 aliphatic heterocycles. The smallest absolute Gasteiger partial charge is 0.404 e. The molecule has 0 unspecified atom stereocenters. The molecule has 2 N–H and O–H groups in total. The number of primary amides is 1. The van der Waals surface area contributed by atoms with E-state index in [1.165, 1.54) is 25.6 Å². The molecule has 0 atom stereocenters. The number of rotatable bonds is 9. The highest BCUT2D eigenvalue weighted by molar-refractivity contribution is 7.13. The van der Waals surface area contributed by atoms with Crippen molar-refractivity contribution in [2.45, 2.75) is 0 Å². The minimum absolute atomic E-state index is 0.0372. The lowest BCUT2D eigenvalue weighted by Crippen LogP contribution is -2.17.